The lowest BCUT2D eigenvalue weighted by molar-refractivity contribution is -0.118. The number of benzene rings is 2. The normalized spacial score (nSPS) is 11.2. The van der Waals surface area contributed by atoms with Crippen molar-refractivity contribution in [1.29, 1.82) is 5.26 Å². The topological polar surface area (TPSA) is 83.6 Å². The van der Waals surface area contributed by atoms with Crippen LogP contribution in [0.15, 0.2) is 53.7 Å². The van der Waals surface area contributed by atoms with Gasteiger partial charge in [-0.1, -0.05) is 80.5 Å². The number of nitriles is 1. The van der Waals surface area contributed by atoms with Gasteiger partial charge in [-0.3, -0.25) is 9.36 Å². The summed E-state index contributed by atoms with van der Waals surface area (Å²) in [6, 6.07) is 17.5. The highest BCUT2D eigenvalue weighted by Gasteiger charge is 2.20. The van der Waals surface area contributed by atoms with Crippen molar-refractivity contribution in [3.8, 4) is 23.1 Å². The van der Waals surface area contributed by atoms with Crippen LogP contribution in [0.2, 0.25) is 5.02 Å². The molecule has 0 fully saturated rings. The molecule has 3 rings (SSSR count). The number of amides is 1. The molecule has 0 saturated carbocycles. The molecule has 1 amide bonds. The number of para-hydroxylation sites is 1. The molecule has 0 radical (unpaired) electrons. The Bertz CT molecular complexity index is 1080. The van der Waals surface area contributed by atoms with Gasteiger partial charge in [0.25, 0.3) is 0 Å². The van der Waals surface area contributed by atoms with Crippen LogP contribution in [0.1, 0.15) is 26.3 Å². The summed E-state index contributed by atoms with van der Waals surface area (Å²) in [4.78, 5) is 11.9. The molecular weight excluding hydrogens is 418 g/mol. The first kappa shape index (κ1) is 21.9. The van der Waals surface area contributed by atoms with Crippen molar-refractivity contribution < 1.29 is 4.79 Å². The number of halogens is 1. The second kappa shape index (κ2) is 9.33. The molecule has 1 N–H and O–H groups in total. The lowest BCUT2D eigenvalue weighted by Gasteiger charge is -2.19. The summed E-state index contributed by atoms with van der Waals surface area (Å²) in [5.74, 6) is 0.516. The Morgan fingerprint density at radius 3 is 2.50 bits per heavy atom. The van der Waals surface area contributed by atoms with E-state index in [-0.39, 0.29) is 23.6 Å². The Morgan fingerprint density at radius 1 is 1.17 bits per heavy atom. The summed E-state index contributed by atoms with van der Waals surface area (Å²) >= 11 is 7.70. The minimum absolute atomic E-state index is 0.0258. The molecule has 0 aliphatic heterocycles. The summed E-state index contributed by atoms with van der Waals surface area (Å²) < 4.78 is 1.86. The van der Waals surface area contributed by atoms with Gasteiger partial charge in [-0.05, 0) is 23.1 Å². The Balaban J connectivity index is 2.00. The fraction of sp³-hybridized carbons (Fsp3) is 0.273. The van der Waals surface area contributed by atoms with Gasteiger partial charge in [-0.25, -0.2) is 0 Å². The molecule has 1 aromatic heterocycles. The molecule has 30 heavy (non-hydrogen) atoms. The maximum absolute atomic E-state index is 11.9. The summed E-state index contributed by atoms with van der Waals surface area (Å²) in [6.07, 6.45) is 0. The third kappa shape index (κ3) is 5.02. The molecule has 0 atom stereocenters. The van der Waals surface area contributed by atoms with Crippen molar-refractivity contribution in [2.75, 3.05) is 12.3 Å². The van der Waals surface area contributed by atoms with E-state index in [1.807, 2.05) is 41.0 Å². The van der Waals surface area contributed by atoms with Gasteiger partial charge in [0.1, 0.15) is 6.54 Å². The lowest BCUT2D eigenvalue weighted by Crippen LogP contribution is -2.25. The van der Waals surface area contributed by atoms with Crippen LogP contribution in [0.3, 0.4) is 0 Å². The van der Waals surface area contributed by atoms with Gasteiger partial charge >= 0.3 is 0 Å². The highest BCUT2D eigenvalue weighted by molar-refractivity contribution is 7.99. The smallest absolute Gasteiger partial charge is 0.231 e. The van der Waals surface area contributed by atoms with Gasteiger partial charge in [0.15, 0.2) is 11.0 Å². The summed E-state index contributed by atoms with van der Waals surface area (Å²) in [7, 11) is 0. The Kier molecular flexibility index (Phi) is 6.80. The van der Waals surface area contributed by atoms with Gasteiger partial charge in [-0.2, -0.15) is 5.26 Å². The molecule has 8 heteroatoms. The van der Waals surface area contributed by atoms with Gasteiger partial charge in [0, 0.05) is 5.56 Å². The molecule has 0 aliphatic carbocycles. The van der Waals surface area contributed by atoms with E-state index in [1.165, 1.54) is 17.3 Å². The van der Waals surface area contributed by atoms with Crippen molar-refractivity contribution >= 4 is 29.3 Å². The van der Waals surface area contributed by atoms with Crippen LogP contribution in [-0.4, -0.2) is 33.0 Å². The van der Waals surface area contributed by atoms with Crippen LogP contribution >= 0.6 is 23.4 Å². The molecule has 2 aromatic carbocycles. The van der Waals surface area contributed by atoms with Crippen LogP contribution in [-0.2, 0) is 10.2 Å². The van der Waals surface area contributed by atoms with Crippen LogP contribution in [0.25, 0.3) is 17.1 Å². The predicted molar refractivity (Wildman–Crippen MR) is 120 cm³/mol. The van der Waals surface area contributed by atoms with Crippen molar-refractivity contribution in [1.82, 2.24) is 20.1 Å². The monoisotopic (exact) mass is 439 g/mol. The van der Waals surface area contributed by atoms with E-state index in [0.717, 1.165) is 11.3 Å². The van der Waals surface area contributed by atoms with Crippen molar-refractivity contribution in [2.24, 2.45) is 0 Å². The van der Waals surface area contributed by atoms with Gasteiger partial charge in [-0.15, -0.1) is 10.2 Å². The van der Waals surface area contributed by atoms with E-state index in [4.69, 9.17) is 16.9 Å². The minimum Gasteiger partial charge on any atom is -0.342 e. The summed E-state index contributed by atoms with van der Waals surface area (Å²) in [6.45, 7) is 6.48. The first-order valence-corrected chi connectivity index (χ1v) is 10.8. The van der Waals surface area contributed by atoms with E-state index < -0.39 is 0 Å². The van der Waals surface area contributed by atoms with Crippen LogP contribution in [0.4, 0.5) is 0 Å². The van der Waals surface area contributed by atoms with E-state index in [1.54, 1.807) is 6.07 Å². The zero-order chi connectivity index (χ0) is 21.7. The Hall–Kier alpha value is -2.82. The molecule has 0 unspecified atom stereocenters. The number of thioether (sulfide) groups is 1. The minimum atomic E-state index is -0.244. The lowest BCUT2D eigenvalue weighted by atomic mass is 9.87. The average molecular weight is 440 g/mol. The van der Waals surface area contributed by atoms with Gasteiger partial charge in [0.2, 0.25) is 5.91 Å². The first-order valence-electron chi connectivity index (χ1n) is 9.39. The first-order chi connectivity index (χ1) is 14.3. The molecule has 3 aromatic rings. The third-order valence-corrected chi connectivity index (χ3v) is 5.68. The second-order valence-electron chi connectivity index (χ2n) is 7.64. The summed E-state index contributed by atoms with van der Waals surface area (Å²) in [5, 5.41) is 20.9. The third-order valence-electron chi connectivity index (χ3n) is 4.43. The number of aromatic nitrogens is 3. The highest BCUT2D eigenvalue weighted by atomic mass is 35.5. The van der Waals surface area contributed by atoms with Crippen molar-refractivity contribution in [2.45, 2.75) is 31.3 Å². The van der Waals surface area contributed by atoms with Crippen molar-refractivity contribution in [3.05, 3.63) is 59.1 Å². The number of rotatable bonds is 6. The van der Waals surface area contributed by atoms with Crippen LogP contribution in [0, 0.1) is 11.3 Å². The maximum atomic E-state index is 11.9. The molecule has 154 valence electrons. The predicted octanol–water partition coefficient (Wildman–Crippen LogP) is 4.62. The van der Waals surface area contributed by atoms with E-state index in [0.29, 0.717) is 16.0 Å². The fourth-order valence-corrected chi connectivity index (χ4v) is 3.83. The summed E-state index contributed by atoms with van der Waals surface area (Å²) in [5.41, 5.74) is 2.90. The molecule has 0 saturated heterocycles. The highest BCUT2D eigenvalue weighted by Crippen LogP contribution is 2.32. The number of hydrogen-bond donors (Lipinski definition) is 1. The molecule has 0 aliphatic rings. The van der Waals surface area contributed by atoms with E-state index >= 15 is 0 Å². The SMILES string of the molecule is CC(C)(C)c1ccc(-c2nnc(SCC(=O)NCC#N)n2-c2ccccc2Cl)cc1. The number of carbonyl (C=O) groups excluding carboxylic acids is 1. The standard InChI is InChI=1S/C22H22ClN5OS/c1-22(2,3)16-10-8-15(9-11-16)20-26-27-21(30-14-19(29)25-13-12-24)28(20)18-7-5-4-6-17(18)23/h4-11H,13-14H2,1-3H3,(H,25,29). The molecular formula is C22H22ClN5OS. The molecule has 0 bridgehead atoms. The quantitative estimate of drug-likeness (QED) is 0.447. The fourth-order valence-electron chi connectivity index (χ4n) is 2.84. The Morgan fingerprint density at radius 2 is 1.87 bits per heavy atom. The Labute approximate surface area is 185 Å². The second-order valence-corrected chi connectivity index (χ2v) is 8.99. The largest absolute Gasteiger partial charge is 0.342 e. The van der Waals surface area contributed by atoms with Crippen LogP contribution < -0.4 is 5.32 Å². The number of hydrogen-bond acceptors (Lipinski definition) is 5. The maximum Gasteiger partial charge on any atom is 0.231 e. The van der Waals surface area contributed by atoms with Gasteiger partial charge in [0.05, 0.1) is 22.5 Å². The number of nitrogens with one attached hydrogen (secondary N) is 1. The van der Waals surface area contributed by atoms with Gasteiger partial charge < -0.3 is 5.32 Å². The average Bonchev–Trinajstić information content (AvgIpc) is 3.14. The molecule has 6 nitrogen and oxygen atoms in total. The number of nitrogens with zero attached hydrogens (tertiary/aromatic N) is 4. The number of carbonyl (C=O) groups is 1. The molecule has 1 heterocycles. The molecule has 0 spiro atoms. The van der Waals surface area contributed by atoms with Crippen molar-refractivity contribution in [3.63, 3.8) is 0 Å². The zero-order valence-corrected chi connectivity index (χ0v) is 18.6. The zero-order valence-electron chi connectivity index (χ0n) is 17.0. The van der Waals surface area contributed by atoms with E-state index in [2.05, 4.69) is 48.4 Å². The van der Waals surface area contributed by atoms with Crippen LogP contribution in [0.5, 0.6) is 0 Å². The van der Waals surface area contributed by atoms with E-state index in [9.17, 15) is 4.79 Å².